The minimum Gasteiger partial charge on any atom is -0.872 e. The molecule has 0 fully saturated rings. The van der Waals surface area contributed by atoms with Crippen LogP contribution in [0.4, 0.5) is 0 Å². The molecule has 0 aliphatic heterocycles. The zero-order valence-corrected chi connectivity index (χ0v) is 14.5. The lowest BCUT2D eigenvalue weighted by Gasteiger charge is -2.21. The molecule has 0 unspecified atom stereocenters. The minimum absolute atomic E-state index is 0.0592. The monoisotopic (exact) mass is 353 g/mol. The van der Waals surface area contributed by atoms with Gasteiger partial charge in [-0.2, -0.15) is 0 Å². The largest absolute Gasteiger partial charge is 0.872 e. The van der Waals surface area contributed by atoms with Crippen LogP contribution in [0.25, 0.3) is 17.3 Å². The molecule has 3 nitrogen and oxygen atoms in total. The lowest BCUT2D eigenvalue weighted by atomic mass is 10.0. The van der Waals surface area contributed by atoms with Gasteiger partial charge in [0.05, 0.1) is 0 Å². The zero-order chi connectivity index (χ0) is 19.1. The lowest BCUT2D eigenvalue weighted by Crippen LogP contribution is -2.10. The molecule has 0 aliphatic rings. The van der Waals surface area contributed by atoms with Gasteiger partial charge >= 0.3 is 0 Å². The molecule has 3 aromatic rings. The average Bonchev–Trinajstić information content (AvgIpc) is 2.74. The van der Waals surface area contributed by atoms with Crippen molar-refractivity contribution in [3.63, 3.8) is 0 Å². The Morgan fingerprint density at radius 1 is 0.481 bits per heavy atom. The van der Waals surface area contributed by atoms with Gasteiger partial charge in [0.25, 0.3) is 0 Å². The Morgan fingerprint density at radius 3 is 1.19 bits per heavy atom. The molecular formula is C24H17O3-3. The van der Waals surface area contributed by atoms with Crippen LogP contribution in [0.5, 0.6) is 0 Å². The molecule has 0 spiro atoms. The Kier molecular flexibility index (Phi) is 5.75. The van der Waals surface area contributed by atoms with Crippen LogP contribution >= 0.6 is 0 Å². The van der Waals surface area contributed by atoms with Gasteiger partial charge in [-0.05, 0) is 22.3 Å². The lowest BCUT2D eigenvalue weighted by molar-refractivity contribution is -0.248. The van der Waals surface area contributed by atoms with E-state index in [1.165, 1.54) is 12.2 Å². The maximum atomic E-state index is 12.9. The summed E-state index contributed by atoms with van der Waals surface area (Å²) in [6.07, 6.45) is 2.46. The van der Waals surface area contributed by atoms with Crippen molar-refractivity contribution in [1.82, 2.24) is 0 Å². The van der Waals surface area contributed by atoms with Crippen molar-refractivity contribution in [1.29, 1.82) is 0 Å². The first-order chi connectivity index (χ1) is 13.1. The van der Waals surface area contributed by atoms with E-state index < -0.39 is 0 Å². The fraction of sp³-hybridized carbons (Fsp3) is 0. The van der Waals surface area contributed by atoms with Crippen LogP contribution in [0.2, 0.25) is 0 Å². The van der Waals surface area contributed by atoms with Crippen molar-refractivity contribution < 1.29 is 15.3 Å². The summed E-state index contributed by atoms with van der Waals surface area (Å²) < 4.78 is 0. The highest BCUT2D eigenvalue weighted by atomic mass is 16.3. The summed E-state index contributed by atoms with van der Waals surface area (Å²) in [6, 6.07) is 25.9. The van der Waals surface area contributed by atoms with Crippen LogP contribution in [0.1, 0.15) is 16.7 Å². The molecule has 0 N–H and O–H groups in total. The van der Waals surface area contributed by atoms with E-state index in [0.29, 0.717) is 16.7 Å². The molecule has 134 valence electrons. The van der Waals surface area contributed by atoms with E-state index in [1.807, 2.05) is 12.1 Å². The Bertz CT molecular complexity index is 912. The van der Waals surface area contributed by atoms with Gasteiger partial charge in [-0.3, -0.25) is 0 Å². The summed E-state index contributed by atoms with van der Waals surface area (Å²) in [5.41, 5.74) is 1.39. The summed E-state index contributed by atoms with van der Waals surface area (Å²) in [7, 11) is 0. The highest BCUT2D eigenvalue weighted by molar-refractivity contribution is 5.75. The van der Waals surface area contributed by atoms with Gasteiger partial charge < -0.3 is 15.3 Å². The molecule has 3 heteroatoms. The Hall–Kier alpha value is -3.72. The van der Waals surface area contributed by atoms with Gasteiger partial charge in [0, 0.05) is 0 Å². The van der Waals surface area contributed by atoms with Crippen molar-refractivity contribution in [2.24, 2.45) is 0 Å². The molecule has 3 rings (SSSR count). The van der Waals surface area contributed by atoms with E-state index in [1.54, 1.807) is 78.9 Å². The van der Waals surface area contributed by atoms with Crippen LogP contribution in [0.3, 0.4) is 0 Å². The molecule has 0 aliphatic carbocycles. The molecule has 0 bridgehead atoms. The number of rotatable bonds is 5. The predicted octanol–water partition coefficient (Wildman–Crippen LogP) is 2.56. The van der Waals surface area contributed by atoms with Crippen LogP contribution in [0, 0.1) is 0 Å². The molecule has 0 amide bonds. The van der Waals surface area contributed by atoms with Crippen molar-refractivity contribution in [2.75, 3.05) is 0 Å². The second-order valence-corrected chi connectivity index (χ2v) is 5.90. The Labute approximate surface area is 158 Å². The molecule has 0 heterocycles. The third kappa shape index (κ3) is 4.67. The fourth-order valence-corrected chi connectivity index (χ4v) is 2.58. The van der Waals surface area contributed by atoms with Gasteiger partial charge in [0.1, 0.15) is 0 Å². The van der Waals surface area contributed by atoms with Gasteiger partial charge in [0.2, 0.25) is 0 Å². The molecule has 27 heavy (non-hydrogen) atoms. The van der Waals surface area contributed by atoms with Crippen LogP contribution in [0.15, 0.2) is 109 Å². The van der Waals surface area contributed by atoms with E-state index in [0.717, 1.165) is 0 Å². The van der Waals surface area contributed by atoms with Crippen molar-refractivity contribution in [2.45, 2.75) is 0 Å². The topological polar surface area (TPSA) is 69.2 Å². The molecule has 0 atom stereocenters. The highest BCUT2D eigenvalue weighted by Gasteiger charge is 1.98. The van der Waals surface area contributed by atoms with Crippen LogP contribution < -0.4 is 15.3 Å². The quantitative estimate of drug-likeness (QED) is 0.523. The van der Waals surface area contributed by atoms with Gasteiger partial charge in [0.15, 0.2) is 0 Å². The summed E-state index contributed by atoms with van der Waals surface area (Å²) in [4.78, 5) is 0. The smallest absolute Gasteiger partial charge is 0.0330 e. The number of hydrogen-bond donors (Lipinski definition) is 0. The van der Waals surface area contributed by atoms with E-state index >= 15 is 0 Å². The van der Waals surface area contributed by atoms with E-state index in [2.05, 4.69) is 0 Å². The highest BCUT2D eigenvalue weighted by Crippen LogP contribution is 2.21. The van der Waals surface area contributed by atoms with E-state index in [4.69, 9.17) is 0 Å². The maximum absolute atomic E-state index is 12.9. The number of allylic oxidation sites excluding steroid dienone is 3. The van der Waals surface area contributed by atoms with Crippen LogP contribution in [-0.4, -0.2) is 0 Å². The predicted molar refractivity (Wildman–Crippen MR) is 102 cm³/mol. The second-order valence-electron chi connectivity index (χ2n) is 5.90. The van der Waals surface area contributed by atoms with Gasteiger partial charge in [-0.15, -0.1) is 11.5 Å². The maximum Gasteiger partial charge on any atom is -0.0330 e. The summed E-state index contributed by atoms with van der Waals surface area (Å²) >= 11 is 0. The SMILES string of the molecule is [O-]C(=C(/C=C(\[O-])c1ccccc1)/C=C(\[O-])c1ccccc1)c1ccccc1. The number of benzene rings is 3. The Balaban J connectivity index is 2.10. The van der Waals surface area contributed by atoms with Gasteiger partial charge in [-0.1, -0.05) is 109 Å². The van der Waals surface area contributed by atoms with E-state index in [-0.39, 0.29) is 22.9 Å². The van der Waals surface area contributed by atoms with Crippen LogP contribution in [-0.2, 0) is 0 Å². The number of hydrogen-bond acceptors (Lipinski definition) is 3. The van der Waals surface area contributed by atoms with Crippen molar-refractivity contribution in [3.05, 3.63) is 125 Å². The normalized spacial score (nSPS) is 11.9. The first kappa shape index (κ1) is 18.1. The average molecular weight is 353 g/mol. The van der Waals surface area contributed by atoms with Crippen molar-refractivity contribution in [3.8, 4) is 0 Å². The summed E-state index contributed by atoms with van der Waals surface area (Å²) in [5.74, 6) is -1.02. The molecule has 0 saturated carbocycles. The fourth-order valence-electron chi connectivity index (χ4n) is 2.58. The molecule has 3 aromatic carbocycles. The standard InChI is InChI=1S/C24H20O3/c25-22(18-10-4-1-5-11-18)16-21(24(27)20-14-8-3-9-15-20)17-23(26)19-12-6-2-7-13-19/h1-17,25-27H/p-3/b22-16-,23-17-. The summed E-state index contributed by atoms with van der Waals surface area (Å²) in [5, 5.41) is 38.0. The zero-order valence-electron chi connectivity index (χ0n) is 14.5. The summed E-state index contributed by atoms with van der Waals surface area (Å²) in [6.45, 7) is 0. The third-order valence-electron chi connectivity index (χ3n) is 3.99. The molecular weight excluding hydrogens is 336 g/mol. The second kappa shape index (κ2) is 8.59. The molecule has 0 aromatic heterocycles. The van der Waals surface area contributed by atoms with Gasteiger partial charge in [-0.25, -0.2) is 0 Å². The first-order valence-corrected chi connectivity index (χ1v) is 8.50. The Morgan fingerprint density at radius 2 is 0.815 bits per heavy atom. The van der Waals surface area contributed by atoms with E-state index in [9.17, 15) is 15.3 Å². The third-order valence-corrected chi connectivity index (χ3v) is 3.99. The molecule has 0 saturated heterocycles. The minimum atomic E-state index is -0.371. The molecule has 0 radical (unpaired) electrons. The van der Waals surface area contributed by atoms with Crippen molar-refractivity contribution >= 4 is 17.3 Å². The first-order valence-electron chi connectivity index (χ1n) is 8.50.